The minimum absolute atomic E-state index is 0.00287. The van der Waals surface area contributed by atoms with E-state index in [0.717, 1.165) is 49.4 Å². The molecule has 12 heteroatoms. The van der Waals surface area contributed by atoms with E-state index in [1.165, 1.54) is 12.1 Å². The lowest BCUT2D eigenvalue weighted by atomic mass is 9.81. The van der Waals surface area contributed by atoms with Gasteiger partial charge in [0.25, 0.3) is 0 Å². The Balaban J connectivity index is 1.45. The lowest BCUT2D eigenvalue weighted by molar-refractivity contribution is 0.262. The van der Waals surface area contributed by atoms with Crippen LogP contribution in [0.4, 0.5) is 26.2 Å². The highest BCUT2D eigenvalue weighted by Crippen LogP contribution is 2.48. The highest BCUT2D eigenvalue weighted by atomic mass is 32.2. The van der Waals surface area contributed by atoms with E-state index in [1.54, 1.807) is 11.2 Å². The van der Waals surface area contributed by atoms with Gasteiger partial charge in [-0.05, 0) is 49.9 Å². The van der Waals surface area contributed by atoms with E-state index in [4.69, 9.17) is 5.14 Å². The Morgan fingerprint density at radius 2 is 1.88 bits per heavy atom. The lowest BCUT2D eigenvalue weighted by Crippen LogP contribution is -2.48. The van der Waals surface area contributed by atoms with E-state index < -0.39 is 21.4 Å². The third kappa shape index (κ3) is 3.35. The maximum absolute atomic E-state index is 15.6. The zero-order valence-corrected chi connectivity index (χ0v) is 19.0. The van der Waals surface area contributed by atoms with Gasteiger partial charge in [0, 0.05) is 11.6 Å². The van der Waals surface area contributed by atoms with Gasteiger partial charge in [-0.2, -0.15) is 9.37 Å². The fraction of sp³-hybridized carbons (Fsp3) is 0.409. The summed E-state index contributed by atoms with van der Waals surface area (Å²) in [6.07, 6.45) is 7.63. The fourth-order valence-corrected chi connectivity index (χ4v) is 5.53. The van der Waals surface area contributed by atoms with Crippen molar-refractivity contribution in [2.75, 3.05) is 10.3 Å². The van der Waals surface area contributed by atoms with Gasteiger partial charge in [0.15, 0.2) is 0 Å². The molecule has 0 saturated heterocycles. The zero-order chi connectivity index (χ0) is 23.7. The third-order valence-corrected chi connectivity index (χ3v) is 7.76. The van der Waals surface area contributed by atoms with Gasteiger partial charge in [0.2, 0.25) is 21.9 Å². The second-order valence-corrected chi connectivity index (χ2v) is 10.7. The van der Waals surface area contributed by atoms with Gasteiger partial charge in [-0.25, -0.2) is 27.9 Å². The van der Waals surface area contributed by atoms with Gasteiger partial charge in [-0.1, -0.05) is 19.3 Å². The highest BCUT2D eigenvalue weighted by molar-refractivity contribution is 7.89. The molecule has 0 amide bonds. The molecule has 0 radical (unpaired) electrons. The summed E-state index contributed by atoms with van der Waals surface area (Å²) >= 11 is 0. The third-order valence-electron chi connectivity index (χ3n) is 6.85. The number of hydrogen-bond donors (Lipinski definition) is 2. The van der Waals surface area contributed by atoms with Gasteiger partial charge in [-0.3, -0.25) is 4.57 Å². The van der Waals surface area contributed by atoms with Crippen molar-refractivity contribution in [3.63, 3.8) is 0 Å². The van der Waals surface area contributed by atoms with E-state index >= 15 is 4.39 Å². The van der Waals surface area contributed by atoms with E-state index in [1.807, 2.05) is 10.6 Å². The van der Waals surface area contributed by atoms with Crippen molar-refractivity contribution < 1.29 is 17.2 Å². The van der Waals surface area contributed by atoms with Gasteiger partial charge in [0.1, 0.15) is 22.8 Å². The predicted molar refractivity (Wildman–Crippen MR) is 124 cm³/mol. The first-order chi connectivity index (χ1) is 16.3. The molecule has 178 valence electrons. The minimum atomic E-state index is -4.03. The molecule has 0 atom stereocenters. The molecule has 0 unspecified atom stereocenters. The maximum Gasteiger partial charge on any atom is 0.238 e. The van der Waals surface area contributed by atoms with E-state index in [-0.39, 0.29) is 28.5 Å². The van der Waals surface area contributed by atoms with Crippen LogP contribution < -0.4 is 15.5 Å². The quantitative estimate of drug-likeness (QED) is 0.577. The molecule has 3 aromatic rings. The monoisotopic (exact) mass is 487 g/mol. The number of benzene rings is 1. The Morgan fingerprint density at radius 1 is 1.12 bits per heavy atom. The molecule has 2 fully saturated rings. The highest BCUT2D eigenvalue weighted by Gasteiger charge is 2.48. The molecule has 3 heterocycles. The van der Waals surface area contributed by atoms with E-state index in [0.29, 0.717) is 18.5 Å². The molecule has 2 aromatic heterocycles. The first-order valence-electron chi connectivity index (χ1n) is 11.3. The number of halogens is 2. The Morgan fingerprint density at radius 3 is 2.56 bits per heavy atom. The first-order valence-corrected chi connectivity index (χ1v) is 12.8. The second kappa shape index (κ2) is 7.44. The SMILES string of the molecule is NS(=O)(=O)c1ccc(Nc2ncc3cc4n(c3n2)C2(CCCCC2)C(F)=NN4C2CC2)c(F)c1. The van der Waals surface area contributed by atoms with Crippen molar-refractivity contribution in [1.29, 1.82) is 0 Å². The van der Waals surface area contributed by atoms with Crippen LogP contribution in [0.5, 0.6) is 0 Å². The van der Waals surface area contributed by atoms with Crippen molar-refractivity contribution in [3.8, 4) is 0 Å². The number of nitrogens with one attached hydrogen (secondary N) is 1. The number of nitrogens with two attached hydrogens (primary N) is 1. The summed E-state index contributed by atoms with van der Waals surface area (Å²) in [6.45, 7) is 0. The molecule has 2 saturated carbocycles. The molecular formula is C22H23F2N7O2S. The molecule has 3 aliphatic rings. The van der Waals surface area contributed by atoms with Gasteiger partial charge in [0.05, 0.1) is 16.6 Å². The average Bonchev–Trinajstić information content (AvgIpc) is 3.57. The molecule has 1 aromatic carbocycles. The number of primary sulfonamides is 1. The van der Waals surface area contributed by atoms with Crippen LogP contribution in [0.15, 0.2) is 40.5 Å². The summed E-state index contributed by atoms with van der Waals surface area (Å²) in [5, 5.41) is 14.8. The average molecular weight is 488 g/mol. The van der Waals surface area contributed by atoms with Crippen LogP contribution in [0.3, 0.4) is 0 Å². The van der Waals surface area contributed by atoms with Crippen LogP contribution in [0.25, 0.3) is 11.0 Å². The van der Waals surface area contributed by atoms with E-state index in [9.17, 15) is 12.8 Å². The van der Waals surface area contributed by atoms with Crippen LogP contribution in [0.1, 0.15) is 44.9 Å². The van der Waals surface area contributed by atoms with Crippen molar-refractivity contribution in [2.24, 2.45) is 10.2 Å². The van der Waals surface area contributed by atoms with Crippen LogP contribution >= 0.6 is 0 Å². The normalized spacial score (nSPS) is 19.9. The van der Waals surface area contributed by atoms with Crippen molar-refractivity contribution in [1.82, 2.24) is 14.5 Å². The number of hydrazone groups is 1. The molecule has 0 bridgehead atoms. The van der Waals surface area contributed by atoms with Crippen molar-refractivity contribution in [2.45, 2.75) is 61.4 Å². The molecule has 9 nitrogen and oxygen atoms in total. The number of fused-ring (bicyclic) bond motifs is 4. The number of anilines is 3. The number of hydrogen-bond acceptors (Lipinski definition) is 7. The summed E-state index contributed by atoms with van der Waals surface area (Å²) in [4.78, 5) is 8.61. The van der Waals surface area contributed by atoms with Gasteiger partial charge in [-0.15, -0.1) is 5.10 Å². The molecule has 1 aliphatic heterocycles. The van der Waals surface area contributed by atoms with Crippen molar-refractivity contribution >= 4 is 44.5 Å². The molecule has 34 heavy (non-hydrogen) atoms. The molecular weight excluding hydrogens is 464 g/mol. The molecule has 3 N–H and O–H groups in total. The summed E-state index contributed by atoms with van der Waals surface area (Å²) < 4.78 is 55.1. The fourth-order valence-electron chi connectivity index (χ4n) is 5.01. The largest absolute Gasteiger partial charge is 0.322 e. The molecule has 1 spiro atoms. The van der Waals surface area contributed by atoms with Gasteiger partial charge >= 0.3 is 0 Å². The topological polar surface area (TPSA) is 118 Å². The van der Waals surface area contributed by atoms with Crippen molar-refractivity contribution in [3.05, 3.63) is 36.3 Å². The number of nitrogens with zero attached hydrogens (tertiary/aromatic N) is 5. The standard InChI is InChI=1S/C22H23F2N7O2S/c23-16-11-15(34(25,32)33)6-7-17(16)27-21-26-12-13-10-18-30(19(13)28-21)22(8-2-1-3-9-22)20(24)29-31(18)14-4-5-14/h6-7,10-12,14H,1-5,8-9H2,(H2,25,32,33)(H,26,27,28). The zero-order valence-electron chi connectivity index (χ0n) is 18.2. The van der Waals surface area contributed by atoms with Crippen LogP contribution in [-0.4, -0.2) is 35.0 Å². The number of rotatable bonds is 4. The summed E-state index contributed by atoms with van der Waals surface area (Å²) in [7, 11) is -4.03. The Labute approximate surface area is 194 Å². The van der Waals surface area contributed by atoms with Crippen LogP contribution in [-0.2, 0) is 15.6 Å². The summed E-state index contributed by atoms with van der Waals surface area (Å²) in [5.41, 5.74) is -0.335. The smallest absolute Gasteiger partial charge is 0.238 e. The maximum atomic E-state index is 15.6. The predicted octanol–water partition coefficient (Wildman–Crippen LogP) is 3.89. The Bertz CT molecular complexity index is 1440. The Kier molecular flexibility index (Phi) is 4.69. The Hall–Kier alpha value is -3.12. The summed E-state index contributed by atoms with van der Waals surface area (Å²) in [5.74, 6) is -0.283. The van der Waals surface area contributed by atoms with Crippen LogP contribution in [0.2, 0.25) is 0 Å². The van der Waals surface area contributed by atoms with Gasteiger partial charge < -0.3 is 5.32 Å². The lowest BCUT2D eigenvalue weighted by Gasteiger charge is -2.42. The number of aromatic nitrogens is 3. The first kappa shape index (κ1) is 21.4. The van der Waals surface area contributed by atoms with Crippen LogP contribution in [0, 0.1) is 5.82 Å². The number of sulfonamides is 1. The second-order valence-electron chi connectivity index (χ2n) is 9.18. The minimum Gasteiger partial charge on any atom is -0.322 e. The molecule has 6 rings (SSSR count). The molecule has 2 aliphatic carbocycles. The van der Waals surface area contributed by atoms with E-state index in [2.05, 4.69) is 20.4 Å². The summed E-state index contributed by atoms with van der Waals surface area (Å²) in [6, 6.07) is 5.41.